The lowest BCUT2D eigenvalue weighted by Gasteiger charge is -2.13. The molecule has 1 amide bonds. The SMILES string of the molecule is CC(C)Oc1cccc(NCCOC(N)=O)c1[N+](=O)[O-]. The summed E-state index contributed by atoms with van der Waals surface area (Å²) in [5, 5.41) is 14.0. The highest BCUT2D eigenvalue weighted by atomic mass is 16.6. The van der Waals surface area contributed by atoms with E-state index >= 15 is 0 Å². The van der Waals surface area contributed by atoms with Gasteiger partial charge in [-0.1, -0.05) is 6.07 Å². The molecule has 0 aliphatic carbocycles. The molecule has 0 aromatic heterocycles. The second-order valence-corrected chi connectivity index (χ2v) is 4.17. The van der Waals surface area contributed by atoms with Crippen molar-refractivity contribution in [3.8, 4) is 5.75 Å². The summed E-state index contributed by atoms with van der Waals surface area (Å²) in [7, 11) is 0. The number of nitrogens with two attached hydrogens (primary N) is 1. The third-order valence-electron chi connectivity index (χ3n) is 2.21. The van der Waals surface area contributed by atoms with Crippen molar-refractivity contribution in [1.82, 2.24) is 0 Å². The van der Waals surface area contributed by atoms with Crippen LogP contribution in [0.15, 0.2) is 18.2 Å². The zero-order valence-corrected chi connectivity index (χ0v) is 11.3. The molecule has 0 aliphatic rings. The van der Waals surface area contributed by atoms with Gasteiger partial charge in [0.1, 0.15) is 12.3 Å². The lowest BCUT2D eigenvalue weighted by atomic mass is 10.2. The van der Waals surface area contributed by atoms with Crippen LogP contribution in [0.5, 0.6) is 5.75 Å². The molecule has 0 spiro atoms. The number of nitro groups is 1. The molecule has 1 rings (SSSR count). The smallest absolute Gasteiger partial charge is 0.404 e. The molecule has 8 heteroatoms. The number of primary amides is 1. The fourth-order valence-corrected chi connectivity index (χ4v) is 1.54. The Kier molecular flexibility index (Phi) is 5.57. The van der Waals surface area contributed by atoms with E-state index < -0.39 is 11.0 Å². The molecule has 3 N–H and O–H groups in total. The highest BCUT2D eigenvalue weighted by molar-refractivity contribution is 5.68. The maximum atomic E-state index is 11.1. The quantitative estimate of drug-likeness (QED) is 0.448. The van der Waals surface area contributed by atoms with Crippen LogP contribution in [-0.4, -0.2) is 30.3 Å². The van der Waals surface area contributed by atoms with Crippen LogP contribution < -0.4 is 15.8 Å². The van der Waals surface area contributed by atoms with E-state index in [0.29, 0.717) is 5.69 Å². The first-order chi connectivity index (χ1) is 9.41. The number of nitrogens with one attached hydrogen (secondary N) is 1. The Labute approximate surface area is 116 Å². The average molecular weight is 283 g/mol. The van der Waals surface area contributed by atoms with Crippen LogP contribution >= 0.6 is 0 Å². The first-order valence-corrected chi connectivity index (χ1v) is 6.02. The molecule has 20 heavy (non-hydrogen) atoms. The predicted molar refractivity (Wildman–Crippen MR) is 72.9 cm³/mol. The summed E-state index contributed by atoms with van der Waals surface area (Å²) >= 11 is 0. The van der Waals surface area contributed by atoms with Gasteiger partial charge in [-0.2, -0.15) is 0 Å². The van der Waals surface area contributed by atoms with E-state index in [0.717, 1.165) is 0 Å². The van der Waals surface area contributed by atoms with Gasteiger partial charge < -0.3 is 20.5 Å². The fourth-order valence-electron chi connectivity index (χ4n) is 1.54. The van der Waals surface area contributed by atoms with Crippen molar-refractivity contribution in [3.05, 3.63) is 28.3 Å². The van der Waals surface area contributed by atoms with Gasteiger partial charge in [0.25, 0.3) is 0 Å². The molecule has 110 valence electrons. The number of benzene rings is 1. The molecule has 0 bridgehead atoms. The van der Waals surface area contributed by atoms with E-state index in [-0.39, 0.29) is 30.7 Å². The van der Waals surface area contributed by atoms with Crippen molar-refractivity contribution in [2.75, 3.05) is 18.5 Å². The van der Waals surface area contributed by atoms with Crippen molar-refractivity contribution >= 4 is 17.5 Å². The van der Waals surface area contributed by atoms with E-state index in [1.807, 2.05) is 0 Å². The summed E-state index contributed by atoms with van der Waals surface area (Å²) < 4.78 is 9.94. The summed E-state index contributed by atoms with van der Waals surface area (Å²) in [6, 6.07) is 4.72. The summed E-state index contributed by atoms with van der Waals surface area (Å²) in [6.07, 6.45) is -1.07. The van der Waals surface area contributed by atoms with E-state index in [1.54, 1.807) is 26.0 Å². The zero-order valence-electron chi connectivity index (χ0n) is 11.3. The third kappa shape index (κ3) is 4.63. The standard InChI is InChI=1S/C12H17N3O5/c1-8(2)20-10-5-3-4-9(11(10)15(17)18)14-6-7-19-12(13)16/h3-5,8,14H,6-7H2,1-2H3,(H2,13,16). The predicted octanol–water partition coefficient (Wildman–Crippen LogP) is 1.89. The Morgan fingerprint density at radius 1 is 1.50 bits per heavy atom. The van der Waals surface area contributed by atoms with Gasteiger partial charge in [-0.15, -0.1) is 0 Å². The molecule has 1 aromatic rings. The largest absolute Gasteiger partial charge is 0.484 e. The number of ether oxygens (including phenoxy) is 2. The summed E-state index contributed by atoms with van der Waals surface area (Å²) in [5.74, 6) is 0.186. The Morgan fingerprint density at radius 2 is 2.20 bits per heavy atom. The van der Waals surface area contributed by atoms with Crippen LogP contribution in [0, 0.1) is 10.1 Å². The van der Waals surface area contributed by atoms with Crippen LogP contribution in [0.2, 0.25) is 0 Å². The molecule has 0 heterocycles. The average Bonchev–Trinajstić information content (AvgIpc) is 2.33. The minimum Gasteiger partial charge on any atom is -0.484 e. The number of nitro benzene ring substituents is 1. The number of hydrogen-bond acceptors (Lipinski definition) is 6. The van der Waals surface area contributed by atoms with E-state index in [1.165, 1.54) is 6.07 Å². The molecule has 0 radical (unpaired) electrons. The first-order valence-electron chi connectivity index (χ1n) is 6.02. The number of nitrogens with zero attached hydrogens (tertiary/aromatic N) is 1. The van der Waals surface area contributed by atoms with Crippen molar-refractivity contribution in [3.63, 3.8) is 0 Å². The number of para-hydroxylation sites is 1. The molecule has 0 unspecified atom stereocenters. The number of carbonyl (C=O) groups excluding carboxylic acids is 1. The third-order valence-corrected chi connectivity index (χ3v) is 2.21. The van der Waals surface area contributed by atoms with Crippen LogP contribution in [0.4, 0.5) is 16.2 Å². The number of rotatable bonds is 7. The van der Waals surface area contributed by atoms with Gasteiger partial charge in [0.05, 0.1) is 11.0 Å². The van der Waals surface area contributed by atoms with Gasteiger partial charge in [0, 0.05) is 6.54 Å². The van der Waals surface area contributed by atoms with Crippen LogP contribution in [-0.2, 0) is 4.74 Å². The molecule has 0 fully saturated rings. The summed E-state index contributed by atoms with van der Waals surface area (Å²) in [4.78, 5) is 21.0. The molecule has 8 nitrogen and oxygen atoms in total. The summed E-state index contributed by atoms with van der Waals surface area (Å²) in [5.41, 5.74) is 4.95. The van der Waals surface area contributed by atoms with E-state index in [4.69, 9.17) is 10.5 Å². The lowest BCUT2D eigenvalue weighted by Crippen LogP contribution is -2.18. The van der Waals surface area contributed by atoms with Crippen LogP contribution in [0.3, 0.4) is 0 Å². The normalized spacial score (nSPS) is 10.2. The Morgan fingerprint density at radius 3 is 2.75 bits per heavy atom. The van der Waals surface area contributed by atoms with E-state index in [2.05, 4.69) is 10.1 Å². The first kappa shape index (κ1) is 15.5. The number of amides is 1. The van der Waals surface area contributed by atoms with Gasteiger partial charge in [-0.05, 0) is 26.0 Å². The Bertz CT molecular complexity index is 490. The zero-order chi connectivity index (χ0) is 15.1. The summed E-state index contributed by atoms with van der Waals surface area (Å²) in [6.45, 7) is 3.78. The molecule has 0 saturated carbocycles. The molecular weight excluding hydrogens is 266 g/mol. The van der Waals surface area contributed by atoms with Crippen molar-refractivity contribution in [2.24, 2.45) is 5.73 Å². The molecule has 0 aliphatic heterocycles. The van der Waals surface area contributed by atoms with Crippen LogP contribution in [0.25, 0.3) is 0 Å². The van der Waals surface area contributed by atoms with Gasteiger partial charge >= 0.3 is 11.8 Å². The second-order valence-electron chi connectivity index (χ2n) is 4.17. The van der Waals surface area contributed by atoms with Gasteiger partial charge in [-0.3, -0.25) is 10.1 Å². The lowest BCUT2D eigenvalue weighted by molar-refractivity contribution is -0.385. The highest BCUT2D eigenvalue weighted by Gasteiger charge is 2.21. The van der Waals surface area contributed by atoms with Crippen LogP contribution in [0.1, 0.15) is 13.8 Å². The van der Waals surface area contributed by atoms with Crippen molar-refractivity contribution < 1.29 is 19.2 Å². The Balaban J connectivity index is 2.83. The molecule has 1 aromatic carbocycles. The monoisotopic (exact) mass is 283 g/mol. The van der Waals surface area contributed by atoms with Gasteiger partial charge in [0.15, 0.2) is 5.75 Å². The topological polar surface area (TPSA) is 117 Å². The highest BCUT2D eigenvalue weighted by Crippen LogP contribution is 2.35. The fraction of sp³-hybridized carbons (Fsp3) is 0.417. The van der Waals surface area contributed by atoms with E-state index in [9.17, 15) is 14.9 Å². The van der Waals surface area contributed by atoms with Gasteiger partial charge in [0.2, 0.25) is 0 Å². The maximum absolute atomic E-state index is 11.1. The van der Waals surface area contributed by atoms with Crippen molar-refractivity contribution in [1.29, 1.82) is 0 Å². The minimum atomic E-state index is -0.891. The van der Waals surface area contributed by atoms with Gasteiger partial charge in [-0.25, -0.2) is 4.79 Å². The number of carbonyl (C=O) groups is 1. The number of hydrogen-bond donors (Lipinski definition) is 2. The second kappa shape index (κ2) is 7.17. The maximum Gasteiger partial charge on any atom is 0.404 e. The Hall–Kier alpha value is -2.51. The number of anilines is 1. The van der Waals surface area contributed by atoms with Crippen molar-refractivity contribution in [2.45, 2.75) is 20.0 Å². The molecule has 0 saturated heterocycles. The minimum absolute atomic E-state index is 0.0156. The molecular formula is C12H17N3O5. The molecule has 0 atom stereocenters.